The molecule has 0 heterocycles. The molecule has 0 spiro atoms. The molecule has 5 amide bonds. The maximum Gasteiger partial charge on any atom is 0.326 e. The molecule has 0 aliphatic rings. The van der Waals surface area contributed by atoms with Gasteiger partial charge in [0.2, 0.25) is 29.5 Å². The van der Waals surface area contributed by atoms with Crippen LogP contribution in [0.2, 0.25) is 0 Å². The van der Waals surface area contributed by atoms with Crippen molar-refractivity contribution in [1.82, 2.24) is 26.6 Å². The van der Waals surface area contributed by atoms with Gasteiger partial charge in [-0.25, -0.2) is 4.79 Å². The zero-order chi connectivity index (χ0) is 35.4. The number of aliphatic carboxylic acids is 1. The van der Waals surface area contributed by atoms with Crippen molar-refractivity contribution in [2.24, 2.45) is 34.8 Å². The van der Waals surface area contributed by atoms with Gasteiger partial charge in [-0.3, -0.25) is 29.4 Å². The van der Waals surface area contributed by atoms with Crippen molar-refractivity contribution in [2.75, 3.05) is 13.1 Å². The molecule has 0 rings (SSSR count). The van der Waals surface area contributed by atoms with Gasteiger partial charge in [0.05, 0.1) is 6.04 Å². The highest BCUT2D eigenvalue weighted by Gasteiger charge is 2.34. The first-order valence-electron chi connectivity index (χ1n) is 15.8. The molecule has 0 fully saturated rings. The molecule has 46 heavy (non-hydrogen) atoms. The van der Waals surface area contributed by atoms with Crippen LogP contribution in [0.1, 0.15) is 85.5 Å². The van der Waals surface area contributed by atoms with E-state index in [4.69, 9.17) is 28.3 Å². The lowest BCUT2D eigenvalue weighted by atomic mass is 9.95. The number of hydrogen-bond acceptors (Lipinski definition) is 9. The van der Waals surface area contributed by atoms with E-state index in [1.54, 1.807) is 6.92 Å². The van der Waals surface area contributed by atoms with Crippen LogP contribution in [0.25, 0.3) is 0 Å². The molecule has 0 saturated heterocycles. The van der Waals surface area contributed by atoms with Gasteiger partial charge < -0.3 is 54.6 Å². The summed E-state index contributed by atoms with van der Waals surface area (Å²) in [6.07, 6.45) is 2.02. The van der Waals surface area contributed by atoms with E-state index in [9.17, 15) is 33.9 Å². The molecular formula is C29H56N10O7. The summed E-state index contributed by atoms with van der Waals surface area (Å²) < 4.78 is 0. The van der Waals surface area contributed by atoms with E-state index in [-0.39, 0.29) is 56.4 Å². The van der Waals surface area contributed by atoms with Gasteiger partial charge in [0.1, 0.15) is 24.2 Å². The van der Waals surface area contributed by atoms with E-state index in [2.05, 4.69) is 26.6 Å². The first-order chi connectivity index (χ1) is 21.6. The molecule has 264 valence electrons. The van der Waals surface area contributed by atoms with Gasteiger partial charge in [-0.15, -0.1) is 0 Å². The highest BCUT2D eigenvalue weighted by molar-refractivity contribution is 5.95. The fourth-order valence-electron chi connectivity index (χ4n) is 4.37. The maximum absolute atomic E-state index is 13.6. The Labute approximate surface area is 271 Å². The molecule has 0 aromatic rings. The van der Waals surface area contributed by atoms with Crippen molar-refractivity contribution in [1.29, 1.82) is 5.41 Å². The fourth-order valence-corrected chi connectivity index (χ4v) is 4.37. The Balaban J connectivity index is 6.11. The Morgan fingerprint density at radius 1 is 0.717 bits per heavy atom. The van der Waals surface area contributed by atoms with Crippen LogP contribution >= 0.6 is 0 Å². The van der Waals surface area contributed by atoms with Crippen molar-refractivity contribution in [3.8, 4) is 0 Å². The van der Waals surface area contributed by atoms with Gasteiger partial charge in [-0.05, 0) is 56.9 Å². The Hall–Kier alpha value is -3.99. The van der Waals surface area contributed by atoms with Gasteiger partial charge in [0, 0.05) is 13.0 Å². The van der Waals surface area contributed by atoms with E-state index in [0.29, 0.717) is 32.2 Å². The summed E-state index contributed by atoms with van der Waals surface area (Å²) in [7, 11) is 0. The van der Waals surface area contributed by atoms with E-state index in [0.717, 1.165) is 0 Å². The van der Waals surface area contributed by atoms with E-state index >= 15 is 0 Å². The summed E-state index contributed by atoms with van der Waals surface area (Å²) in [4.78, 5) is 76.4. The third kappa shape index (κ3) is 16.4. The van der Waals surface area contributed by atoms with E-state index < -0.39 is 65.7 Å². The molecule has 7 atom stereocenters. The van der Waals surface area contributed by atoms with Crippen LogP contribution < -0.4 is 49.5 Å². The number of nitrogens with one attached hydrogen (secondary N) is 6. The molecule has 0 aromatic heterocycles. The highest BCUT2D eigenvalue weighted by Crippen LogP contribution is 2.12. The Kier molecular flexibility index (Phi) is 20.6. The number of carbonyl (C=O) groups is 6. The third-order valence-corrected chi connectivity index (χ3v) is 7.84. The van der Waals surface area contributed by atoms with Gasteiger partial charge in [0.25, 0.3) is 0 Å². The lowest BCUT2D eigenvalue weighted by molar-refractivity contribution is -0.142. The van der Waals surface area contributed by atoms with Crippen LogP contribution in [0, 0.1) is 17.2 Å². The summed E-state index contributed by atoms with van der Waals surface area (Å²) in [5, 5.41) is 29.8. The fraction of sp³-hybridized carbons (Fsp3) is 0.759. The van der Waals surface area contributed by atoms with Crippen molar-refractivity contribution in [3.05, 3.63) is 0 Å². The number of primary amides is 1. The van der Waals surface area contributed by atoms with Gasteiger partial charge in [-0.1, -0.05) is 40.5 Å². The number of amides is 5. The predicted molar refractivity (Wildman–Crippen MR) is 173 cm³/mol. The van der Waals surface area contributed by atoms with Crippen molar-refractivity contribution in [2.45, 2.75) is 116 Å². The lowest BCUT2D eigenvalue weighted by Gasteiger charge is -2.29. The third-order valence-electron chi connectivity index (χ3n) is 7.84. The molecule has 0 saturated carbocycles. The molecule has 0 bridgehead atoms. The predicted octanol–water partition coefficient (Wildman–Crippen LogP) is -1.91. The molecule has 17 nitrogen and oxygen atoms in total. The van der Waals surface area contributed by atoms with Crippen molar-refractivity contribution >= 4 is 41.5 Å². The molecule has 17 heteroatoms. The first-order valence-corrected chi connectivity index (χ1v) is 15.8. The summed E-state index contributed by atoms with van der Waals surface area (Å²) in [5.41, 5.74) is 22.2. The van der Waals surface area contributed by atoms with Crippen LogP contribution in [0.4, 0.5) is 0 Å². The zero-order valence-electron chi connectivity index (χ0n) is 27.5. The highest BCUT2D eigenvalue weighted by atomic mass is 16.4. The van der Waals surface area contributed by atoms with Crippen LogP contribution in [0.3, 0.4) is 0 Å². The molecule has 0 unspecified atom stereocenters. The summed E-state index contributed by atoms with van der Waals surface area (Å²) in [5.74, 6) is -5.58. The summed E-state index contributed by atoms with van der Waals surface area (Å²) in [6.45, 7) is 7.86. The average Bonchev–Trinajstić information content (AvgIpc) is 3.00. The van der Waals surface area contributed by atoms with E-state index in [1.807, 2.05) is 20.8 Å². The maximum atomic E-state index is 13.6. The average molecular weight is 657 g/mol. The molecule has 0 aliphatic heterocycles. The lowest BCUT2D eigenvalue weighted by Crippen LogP contribution is -2.60. The quantitative estimate of drug-likeness (QED) is 0.0309. The molecular weight excluding hydrogens is 600 g/mol. The van der Waals surface area contributed by atoms with Crippen LogP contribution in [-0.4, -0.2) is 89.9 Å². The van der Waals surface area contributed by atoms with Gasteiger partial charge >= 0.3 is 5.97 Å². The number of unbranched alkanes of at least 4 members (excludes halogenated alkanes) is 1. The number of hydrogen-bond donors (Lipinski definition) is 11. The molecule has 15 N–H and O–H groups in total. The second-order valence-electron chi connectivity index (χ2n) is 11.6. The zero-order valence-corrected chi connectivity index (χ0v) is 27.5. The van der Waals surface area contributed by atoms with Crippen LogP contribution in [0.15, 0.2) is 0 Å². The number of guanidine groups is 1. The minimum atomic E-state index is -1.36. The molecule has 0 aliphatic carbocycles. The monoisotopic (exact) mass is 656 g/mol. The van der Waals surface area contributed by atoms with E-state index in [1.165, 1.54) is 0 Å². The number of carboxylic acid groups (broad SMARTS) is 1. The summed E-state index contributed by atoms with van der Waals surface area (Å²) >= 11 is 0. The van der Waals surface area contributed by atoms with Crippen molar-refractivity contribution in [3.63, 3.8) is 0 Å². The molecule has 0 aromatic carbocycles. The Bertz CT molecular complexity index is 1030. The largest absolute Gasteiger partial charge is 0.480 e. The Morgan fingerprint density at radius 2 is 1.24 bits per heavy atom. The second kappa shape index (κ2) is 22.5. The SMILES string of the molecule is CC[C@H](C)[C@H](N)C(=O)N[C@H](C(=O)N[C@@H](CCCNC(=N)N)C(=O)N[C@@H](CCC(N)=O)C(=O)N[C@@H](CCCCN)C(=O)O)[C@@H](C)CC. The summed E-state index contributed by atoms with van der Waals surface area (Å²) in [6, 6.07) is -5.73. The topological polar surface area (TPSA) is 311 Å². The second-order valence-corrected chi connectivity index (χ2v) is 11.6. The molecule has 0 radical (unpaired) electrons. The number of carboxylic acids is 1. The normalized spacial score (nSPS) is 15.5. The standard InChI is InChI=1S/C29H56N10O7/c1-5-16(3)22(32)26(43)39-23(17(4)6-2)27(44)37-18(11-9-15-35-29(33)34)24(41)36-19(12-13-21(31)40)25(42)38-20(28(45)46)10-7-8-14-30/h16-20,22-23H,5-15,30,32H2,1-4H3,(H2,31,40)(H,36,41)(H,37,44)(H,38,42)(H,39,43)(H,45,46)(H4,33,34,35)/t16-,17-,18-,19-,20-,22-,23-/m0/s1. The number of rotatable bonds is 24. The minimum absolute atomic E-state index is 0.0341. The number of carbonyl (C=O) groups excluding carboxylic acids is 5. The number of nitrogens with two attached hydrogens (primary N) is 4. The van der Waals surface area contributed by atoms with Crippen molar-refractivity contribution < 1.29 is 33.9 Å². The van der Waals surface area contributed by atoms with Crippen LogP contribution in [-0.2, 0) is 28.8 Å². The Morgan fingerprint density at radius 3 is 1.74 bits per heavy atom. The van der Waals surface area contributed by atoms with Gasteiger partial charge in [0.15, 0.2) is 5.96 Å². The smallest absolute Gasteiger partial charge is 0.326 e. The first kappa shape index (κ1) is 42.0. The minimum Gasteiger partial charge on any atom is -0.480 e. The van der Waals surface area contributed by atoms with Gasteiger partial charge in [-0.2, -0.15) is 0 Å². The van der Waals surface area contributed by atoms with Crippen LogP contribution in [0.5, 0.6) is 0 Å².